The van der Waals surface area contributed by atoms with Crippen molar-refractivity contribution in [1.82, 2.24) is 10.3 Å². The molecule has 3 N–H and O–H groups in total. The first-order valence-electron chi connectivity index (χ1n) is 9.23. The Morgan fingerprint density at radius 3 is 2.79 bits per heavy atom. The molecule has 0 bridgehead atoms. The summed E-state index contributed by atoms with van der Waals surface area (Å²) in [5, 5.41) is 14.0. The molecule has 0 radical (unpaired) electrons. The van der Waals surface area contributed by atoms with Crippen molar-refractivity contribution >= 4 is 35.3 Å². The highest BCUT2D eigenvalue weighted by Gasteiger charge is 2.43. The second-order valence-electron chi connectivity index (χ2n) is 7.13. The zero-order valence-corrected chi connectivity index (χ0v) is 16.3. The zero-order valence-electron chi connectivity index (χ0n) is 15.6. The lowest BCUT2D eigenvalue weighted by molar-refractivity contribution is 0.0367. The Morgan fingerprint density at radius 1 is 1.36 bits per heavy atom. The van der Waals surface area contributed by atoms with Crippen molar-refractivity contribution in [2.24, 2.45) is 0 Å². The highest BCUT2D eigenvalue weighted by molar-refractivity contribution is 6.33. The highest BCUT2D eigenvalue weighted by Crippen LogP contribution is 2.40. The fraction of sp³-hybridized carbons (Fsp3) is 0.350. The minimum Gasteiger partial charge on any atom is -0.441 e. The number of hydrogen-bond donors (Lipinski definition) is 3. The number of halogens is 1. The molecule has 0 unspecified atom stereocenters. The molecule has 8 heteroatoms. The fourth-order valence-corrected chi connectivity index (χ4v) is 4.22. The molecular formula is C20H22ClN5O2. The molecule has 0 aliphatic carbocycles. The average Bonchev–Trinajstić information content (AvgIpc) is 3.08. The van der Waals surface area contributed by atoms with Crippen LogP contribution in [0.1, 0.15) is 18.4 Å². The first kappa shape index (κ1) is 18.6. The number of pyridine rings is 1. The molecule has 2 aliphatic heterocycles. The van der Waals surface area contributed by atoms with Crippen LogP contribution < -0.4 is 15.5 Å². The molecule has 2 fully saturated rings. The van der Waals surface area contributed by atoms with Crippen LogP contribution in [0.3, 0.4) is 0 Å². The van der Waals surface area contributed by atoms with Gasteiger partial charge in [0, 0.05) is 68.4 Å². The number of nitrogens with zero attached hydrogens (tertiary/aromatic N) is 2. The number of benzene rings is 1. The predicted octanol–water partition coefficient (Wildman–Crippen LogP) is 3.52. The summed E-state index contributed by atoms with van der Waals surface area (Å²) in [5.41, 5.74) is 4.15. The Hall–Kier alpha value is -2.80. The van der Waals surface area contributed by atoms with Crippen molar-refractivity contribution in [3.05, 3.63) is 41.2 Å². The predicted molar refractivity (Wildman–Crippen MR) is 111 cm³/mol. The van der Waals surface area contributed by atoms with Gasteiger partial charge in [-0.1, -0.05) is 23.7 Å². The maximum atomic E-state index is 11.5. The Balaban J connectivity index is 1.66. The Kier molecular flexibility index (Phi) is 4.85. The van der Waals surface area contributed by atoms with Crippen molar-refractivity contribution in [2.45, 2.75) is 18.4 Å². The third-order valence-electron chi connectivity index (χ3n) is 5.52. The summed E-state index contributed by atoms with van der Waals surface area (Å²) in [7, 11) is 1.84. The third kappa shape index (κ3) is 3.26. The van der Waals surface area contributed by atoms with Crippen molar-refractivity contribution in [1.29, 1.82) is 5.41 Å². The summed E-state index contributed by atoms with van der Waals surface area (Å²) in [6.07, 6.45) is 5.97. The molecule has 0 saturated carbocycles. The summed E-state index contributed by atoms with van der Waals surface area (Å²) in [4.78, 5) is 18.0. The van der Waals surface area contributed by atoms with E-state index in [9.17, 15) is 4.79 Å². The molecule has 1 aromatic heterocycles. The Labute approximate surface area is 168 Å². The van der Waals surface area contributed by atoms with Crippen LogP contribution in [-0.4, -0.2) is 49.6 Å². The first-order chi connectivity index (χ1) is 13.5. The van der Waals surface area contributed by atoms with Gasteiger partial charge in [-0.2, -0.15) is 0 Å². The minimum atomic E-state index is -0.405. The highest BCUT2D eigenvalue weighted by atomic mass is 35.5. The summed E-state index contributed by atoms with van der Waals surface area (Å²) in [5.74, 6) is 0. The van der Waals surface area contributed by atoms with E-state index in [1.54, 1.807) is 6.20 Å². The number of nitrogens with one attached hydrogen (secondary N) is 3. The van der Waals surface area contributed by atoms with Gasteiger partial charge in [0.2, 0.25) is 0 Å². The monoisotopic (exact) mass is 399 g/mol. The summed E-state index contributed by atoms with van der Waals surface area (Å²) >= 11 is 6.57. The second kappa shape index (κ2) is 7.31. The SMILES string of the molecule is CNc1cc(-c2cncc(Cl)c2N2CCC3(CC2)CNC(=O)O3)ccc1C=N. The van der Waals surface area contributed by atoms with Crippen LogP contribution in [0, 0.1) is 5.41 Å². The molecule has 0 atom stereocenters. The number of carbonyl (C=O) groups excluding carboxylic acids is 1. The second-order valence-corrected chi connectivity index (χ2v) is 7.53. The number of carbonyl (C=O) groups is 1. The number of piperidine rings is 1. The van der Waals surface area contributed by atoms with Crippen LogP contribution in [-0.2, 0) is 4.74 Å². The van der Waals surface area contributed by atoms with Crippen LogP contribution in [0.5, 0.6) is 0 Å². The van der Waals surface area contributed by atoms with E-state index in [-0.39, 0.29) is 6.09 Å². The number of hydrogen-bond acceptors (Lipinski definition) is 6. The van der Waals surface area contributed by atoms with Gasteiger partial charge < -0.3 is 25.7 Å². The van der Waals surface area contributed by atoms with Gasteiger partial charge in [0.1, 0.15) is 5.60 Å². The lowest BCUT2D eigenvalue weighted by atomic mass is 9.91. The average molecular weight is 400 g/mol. The van der Waals surface area contributed by atoms with E-state index in [4.69, 9.17) is 21.7 Å². The number of anilines is 2. The number of ether oxygens (including phenoxy) is 1. The number of alkyl carbamates (subject to hydrolysis) is 1. The van der Waals surface area contributed by atoms with Crippen molar-refractivity contribution in [3.63, 3.8) is 0 Å². The number of aromatic nitrogens is 1. The lowest BCUT2D eigenvalue weighted by Gasteiger charge is -2.39. The number of rotatable bonds is 4. The van der Waals surface area contributed by atoms with E-state index in [0.29, 0.717) is 11.6 Å². The Morgan fingerprint density at radius 2 is 2.14 bits per heavy atom. The van der Waals surface area contributed by atoms with E-state index < -0.39 is 5.60 Å². The van der Waals surface area contributed by atoms with Gasteiger partial charge in [-0.3, -0.25) is 4.98 Å². The van der Waals surface area contributed by atoms with Gasteiger partial charge >= 0.3 is 6.09 Å². The van der Waals surface area contributed by atoms with Crippen molar-refractivity contribution < 1.29 is 9.53 Å². The molecule has 146 valence electrons. The standard InChI is InChI=1S/C20H22ClN5O2/c1-23-17-8-13(2-3-14(17)9-22)15-10-24-11-16(21)18(15)26-6-4-20(5-7-26)12-25-19(27)28-20/h2-3,8-11,22-23H,4-7,12H2,1H3,(H,25,27). The maximum absolute atomic E-state index is 11.5. The Bertz CT molecular complexity index is 925. The molecule has 4 rings (SSSR count). The molecule has 3 heterocycles. The smallest absolute Gasteiger partial charge is 0.407 e. The van der Waals surface area contributed by atoms with E-state index in [2.05, 4.69) is 20.5 Å². The van der Waals surface area contributed by atoms with E-state index >= 15 is 0 Å². The molecule has 7 nitrogen and oxygen atoms in total. The first-order valence-corrected chi connectivity index (χ1v) is 9.61. The quantitative estimate of drug-likeness (QED) is 0.684. The summed E-state index contributed by atoms with van der Waals surface area (Å²) in [6.45, 7) is 2.04. The topological polar surface area (TPSA) is 90.3 Å². The maximum Gasteiger partial charge on any atom is 0.407 e. The molecule has 1 amide bonds. The van der Waals surface area contributed by atoms with Gasteiger partial charge in [0.25, 0.3) is 0 Å². The molecule has 2 aromatic rings. The van der Waals surface area contributed by atoms with Crippen LogP contribution in [0.15, 0.2) is 30.6 Å². The minimum absolute atomic E-state index is 0.332. The summed E-state index contributed by atoms with van der Waals surface area (Å²) in [6, 6.07) is 5.89. The van der Waals surface area contributed by atoms with Crippen molar-refractivity contribution in [2.75, 3.05) is 36.9 Å². The molecule has 1 aromatic carbocycles. The molecule has 2 saturated heterocycles. The summed E-state index contributed by atoms with van der Waals surface area (Å²) < 4.78 is 5.52. The largest absolute Gasteiger partial charge is 0.441 e. The van der Waals surface area contributed by atoms with Gasteiger partial charge in [-0.25, -0.2) is 4.79 Å². The van der Waals surface area contributed by atoms with Crippen LogP contribution in [0.4, 0.5) is 16.2 Å². The van der Waals surface area contributed by atoms with Gasteiger partial charge in [0.05, 0.1) is 17.3 Å². The van der Waals surface area contributed by atoms with Crippen LogP contribution in [0.25, 0.3) is 11.1 Å². The van der Waals surface area contributed by atoms with E-state index in [1.165, 1.54) is 6.21 Å². The van der Waals surface area contributed by atoms with Gasteiger partial charge in [-0.15, -0.1) is 0 Å². The van der Waals surface area contributed by atoms with Gasteiger partial charge in [-0.05, 0) is 11.6 Å². The molecular weight excluding hydrogens is 378 g/mol. The molecule has 2 aliphatic rings. The van der Waals surface area contributed by atoms with Gasteiger partial charge in [0.15, 0.2) is 0 Å². The zero-order chi connectivity index (χ0) is 19.7. The van der Waals surface area contributed by atoms with Crippen LogP contribution in [0.2, 0.25) is 5.02 Å². The fourth-order valence-electron chi connectivity index (χ4n) is 3.95. The van der Waals surface area contributed by atoms with E-state index in [0.717, 1.165) is 54.0 Å². The normalized spacial score (nSPS) is 17.9. The molecule has 28 heavy (non-hydrogen) atoms. The van der Waals surface area contributed by atoms with Crippen LogP contribution >= 0.6 is 11.6 Å². The number of amides is 1. The molecule has 1 spiro atoms. The third-order valence-corrected chi connectivity index (χ3v) is 5.79. The van der Waals surface area contributed by atoms with Crippen molar-refractivity contribution in [3.8, 4) is 11.1 Å². The lowest BCUT2D eigenvalue weighted by Crippen LogP contribution is -2.46. The van der Waals surface area contributed by atoms with E-state index in [1.807, 2.05) is 31.4 Å².